The number of hydrogen-bond acceptors (Lipinski definition) is 1. The molecule has 0 aliphatic carbocycles. The summed E-state index contributed by atoms with van der Waals surface area (Å²) in [6.07, 6.45) is 5.49. The molecule has 0 saturated heterocycles. The van der Waals surface area contributed by atoms with E-state index in [1.165, 1.54) is 33.6 Å². The van der Waals surface area contributed by atoms with Gasteiger partial charge in [0.15, 0.2) is 0 Å². The van der Waals surface area contributed by atoms with Gasteiger partial charge in [0.05, 0.1) is 0 Å². The van der Waals surface area contributed by atoms with Gasteiger partial charge >= 0.3 is 0 Å². The molecule has 0 saturated carbocycles. The van der Waals surface area contributed by atoms with E-state index in [2.05, 4.69) is 74.6 Å². The van der Waals surface area contributed by atoms with Crippen molar-refractivity contribution in [3.8, 4) is 0 Å². The molecule has 20 heavy (non-hydrogen) atoms. The number of aryl methyl sites for hydroxylation is 1. The number of rotatable bonds is 2. The molecule has 1 N–H and O–H groups in total. The Hall–Kier alpha value is -2.02. The lowest BCUT2D eigenvalue weighted by Gasteiger charge is -2.13. The molecule has 1 heteroatoms. The van der Waals surface area contributed by atoms with E-state index in [9.17, 15) is 0 Å². The zero-order valence-corrected chi connectivity index (χ0v) is 12.4. The third kappa shape index (κ3) is 2.36. The highest BCUT2D eigenvalue weighted by atomic mass is 14.9. The van der Waals surface area contributed by atoms with Crippen molar-refractivity contribution in [2.24, 2.45) is 0 Å². The van der Waals surface area contributed by atoms with Crippen molar-refractivity contribution >= 4 is 23.5 Å². The lowest BCUT2D eigenvalue weighted by molar-refractivity contribution is 0.867. The zero-order valence-electron chi connectivity index (χ0n) is 12.4. The van der Waals surface area contributed by atoms with Gasteiger partial charge in [0.2, 0.25) is 0 Å². The first-order valence-corrected chi connectivity index (χ1v) is 7.39. The highest BCUT2D eigenvalue weighted by Gasteiger charge is 2.10. The number of nitrogens with one attached hydrogen (secondary N) is 1. The average molecular weight is 263 g/mol. The fourth-order valence-electron chi connectivity index (χ4n) is 2.60. The molecule has 1 aliphatic rings. The molecule has 0 amide bonds. The first kappa shape index (κ1) is 13.0. The maximum Gasteiger partial charge on any atom is 0.0460 e. The second-order valence-corrected chi connectivity index (χ2v) is 5.73. The largest absolute Gasteiger partial charge is 0.355 e. The minimum Gasteiger partial charge on any atom is -0.355 e. The lowest BCUT2D eigenvalue weighted by atomic mass is 10.00. The molecule has 0 atom stereocenters. The number of anilines is 2. The third-order valence-electron chi connectivity index (χ3n) is 3.98. The van der Waals surface area contributed by atoms with Gasteiger partial charge in [0.25, 0.3) is 0 Å². The van der Waals surface area contributed by atoms with Gasteiger partial charge in [-0.25, -0.2) is 0 Å². The number of benzene rings is 2. The molecule has 0 fully saturated rings. The number of fused-ring (bicyclic) bond motifs is 2. The lowest BCUT2D eigenvalue weighted by Crippen LogP contribution is -1.96. The van der Waals surface area contributed by atoms with Crippen LogP contribution in [0.4, 0.5) is 11.4 Å². The van der Waals surface area contributed by atoms with E-state index < -0.39 is 0 Å². The summed E-state index contributed by atoms with van der Waals surface area (Å²) in [5.74, 6) is 0.552. The van der Waals surface area contributed by atoms with Crippen LogP contribution in [0.2, 0.25) is 0 Å². The van der Waals surface area contributed by atoms with Crippen LogP contribution in [0.1, 0.15) is 48.9 Å². The van der Waals surface area contributed by atoms with Gasteiger partial charge in [-0.1, -0.05) is 51.1 Å². The monoisotopic (exact) mass is 263 g/mol. The Morgan fingerprint density at radius 2 is 1.70 bits per heavy atom. The van der Waals surface area contributed by atoms with Gasteiger partial charge in [-0.3, -0.25) is 0 Å². The Kier molecular flexibility index (Phi) is 3.35. The molecular formula is C19H21N. The SMILES string of the molecule is CCc1ccc2c(c1)C=Cc1ccc(C(C)C)cc1N2. The molecule has 3 rings (SSSR count). The highest BCUT2D eigenvalue weighted by molar-refractivity contribution is 5.87. The molecule has 102 valence electrons. The van der Waals surface area contributed by atoms with E-state index in [0.29, 0.717) is 5.92 Å². The molecule has 0 spiro atoms. The molecule has 1 aliphatic heterocycles. The summed E-state index contributed by atoms with van der Waals surface area (Å²) in [4.78, 5) is 0. The Bertz CT molecular complexity index is 665. The average Bonchev–Trinajstić information content (AvgIpc) is 2.64. The molecule has 0 bridgehead atoms. The van der Waals surface area contributed by atoms with Crippen molar-refractivity contribution in [3.05, 3.63) is 58.7 Å². The van der Waals surface area contributed by atoms with E-state index in [0.717, 1.165) is 6.42 Å². The fraction of sp³-hybridized carbons (Fsp3) is 0.263. The Labute approximate surface area is 121 Å². The molecule has 2 aromatic rings. The van der Waals surface area contributed by atoms with Gasteiger partial charge < -0.3 is 5.32 Å². The fourth-order valence-corrected chi connectivity index (χ4v) is 2.60. The van der Waals surface area contributed by atoms with Crippen LogP contribution >= 0.6 is 0 Å². The molecule has 0 aromatic heterocycles. The summed E-state index contributed by atoms with van der Waals surface area (Å²) in [7, 11) is 0. The second-order valence-electron chi connectivity index (χ2n) is 5.73. The summed E-state index contributed by atoms with van der Waals surface area (Å²) >= 11 is 0. The normalized spacial score (nSPS) is 12.6. The summed E-state index contributed by atoms with van der Waals surface area (Å²) in [5.41, 5.74) is 7.67. The van der Waals surface area contributed by atoms with Gasteiger partial charge in [-0.05, 0) is 52.8 Å². The van der Waals surface area contributed by atoms with Crippen molar-refractivity contribution in [1.82, 2.24) is 0 Å². The van der Waals surface area contributed by atoms with Crippen molar-refractivity contribution in [2.45, 2.75) is 33.1 Å². The van der Waals surface area contributed by atoms with Gasteiger partial charge in [0.1, 0.15) is 0 Å². The zero-order chi connectivity index (χ0) is 14.1. The van der Waals surface area contributed by atoms with E-state index >= 15 is 0 Å². The van der Waals surface area contributed by atoms with Crippen LogP contribution in [0.3, 0.4) is 0 Å². The Balaban J connectivity index is 2.06. The van der Waals surface area contributed by atoms with Crippen molar-refractivity contribution in [1.29, 1.82) is 0 Å². The molecular weight excluding hydrogens is 242 g/mol. The number of hydrogen-bond donors (Lipinski definition) is 1. The molecule has 0 unspecified atom stereocenters. The molecule has 0 radical (unpaired) electrons. The Morgan fingerprint density at radius 3 is 2.45 bits per heavy atom. The smallest absolute Gasteiger partial charge is 0.0460 e. The van der Waals surface area contributed by atoms with Crippen LogP contribution in [-0.4, -0.2) is 0 Å². The van der Waals surface area contributed by atoms with Crippen LogP contribution in [0.15, 0.2) is 36.4 Å². The predicted molar refractivity (Wildman–Crippen MR) is 88.6 cm³/mol. The van der Waals surface area contributed by atoms with Crippen LogP contribution < -0.4 is 5.32 Å². The third-order valence-corrected chi connectivity index (χ3v) is 3.98. The van der Waals surface area contributed by atoms with E-state index in [4.69, 9.17) is 0 Å². The second kappa shape index (κ2) is 5.16. The maximum absolute atomic E-state index is 3.59. The standard InChI is InChI=1S/C19H21N/c1-4-14-5-10-18-17(11-14)9-7-15-6-8-16(13(2)3)12-19(15)20-18/h5-13,20H,4H2,1-3H3. The molecule has 1 heterocycles. The topological polar surface area (TPSA) is 12.0 Å². The first-order chi connectivity index (χ1) is 9.67. The van der Waals surface area contributed by atoms with Crippen LogP contribution in [-0.2, 0) is 6.42 Å². The van der Waals surface area contributed by atoms with E-state index in [-0.39, 0.29) is 0 Å². The highest BCUT2D eigenvalue weighted by Crippen LogP contribution is 2.32. The van der Waals surface area contributed by atoms with Crippen molar-refractivity contribution in [3.63, 3.8) is 0 Å². The van der Waals surface area contributed by atoms with Crippen molar-refractivity contribution < 1.29 is 0 Å². The van der Waals surface area contributed by atoms with Crippen molar-refractivity contribution in [2.75, 3.05) is 5.32 Å². The predicted octanol–water partition coefficient (Wildman–Crippen LogP) is 5.60. The summed E-state index contributed by atoms with van der Waals surface area (Å²) in [5, 5.41) is 3.59. The molecule has 2 aromatic carbocycles. The van der Waals surface area contributed by atoms with Crippen LogP contribution in [0.5, 0.6) is 0 Å². The van der Waals surface area contributed by atoms with Crippen LogP contribution in [0.25, 0.3) is 12.2 Å². The minimum atomic E-state index is 0.552. The minimum absolute atomic E-state index is 0.552. The summed E-state index contributed by atoms with van der Waals surface area (Å²) < 4.78 is 0. The Morgan fingerprint density at radius 1 is 0.900 bits per heavy atom. The quantitative estimate of drug-likeness (QED) is 0.634. The maximum atomic E-state index is 3.59. The summed E-state index contributed by atoms with van der Waals surface area (Å²) in [6, 6.07) is 13.4. The first-order valence-electron chi connectivity index (χ1n) is 7.39. The van der Waals surface area contributed by atoms with E-state index in [1.54, 1.807) is 0 Å². The molecule has 1 nitrogen and oxygen atoms in total. The summed E-state index contributed by atoms with van der Waals surface area (Å²) in [6.45, 7) is 6.66. The van der Waals surface area contributed by atoms with Crippen LogP contribution in [0, 0.1) is 0 Å². The van der Waals surface area contributed by atoms with E-state index in [1.807, 2.05) is 0 Å². The van der Waals surface area contributed by atoms with Gasteiger partial charge in [-0.15, -0.1) is 0 Å². The van der Waals surface area contributed by atoms with Gasteiger partial charge in [0, 0.05) is 11.4 Å². The van der Waals surface area contributed by atoms with Gasteiger partial charge in [-0.2, -0.15) is 0 Å².